The SMILES string of the molecule is N#Cc1ccccc1-c1ccccc1-c1nc(-c2ccccc2)c(-c2ccccc2)o1. The number of hydrogen-bond acceptors (Lipinski definition) is 3. The summed E-state index contributed by atoms with van der Waals surface area (Å²) in [5.74, 6) is 1.26. The molecule has 4 aromatic carbocycles. The van der Waals surface area contributed by atoms with Gasteiger partial charge in [-0.3, -0.25) is 0 Å². The van der Waals surface area contributed by atoms with E-state index in [9.17, 15) is 5.26 Å². The maximum absolute atomic E-state index is 9.60. The molecule has 3 nitrogen and oxygen atoms in total. The maximum Gasteiger partial charge on any atom is 0.227 e. The molecule has 31 heavy (non-hydrogen) atoms. The van der Waals surface area contributed by atoms with Gasteiger partial charge in [0.2, 0.25) is 5.89 Å². The second kappa shape index (κ2) is 8.14. The monoisotopic (exact) mass is 398 g/mol. The highest BCUT2D eigenvalue weighted by molar-refractivity contribution is 5.86. The highest BCUT2D eigenvalue weighted by Gasteiger charge is 2.20. The van der Waals surface area contributed by atoms with Crippen LogP contribution in [-0.2, 0) is 0 Å². The zero-order valence-electron chi connectivity index (χ0n) is 16.7. The Hall–Kier alpha value is -4.42. The Balaban J connectivity index is 1.73. The molecule has 0 unspecified atom stereocenters. The Labute approximate surface area is 180 Å². The predicted octanol–water partition coefficient (Wildman–Crippen LogP) is 7.21. The molecule has 1 heterocycles. The average Bonchev–Trinajstić information content (AvgIpc) is 3.30. The second-order valence-corrected chi connectivity index (χ2v) is 7.13. The Morgan fingerprint density at radius 1 is 0.581 bits per heavy atom. The Kier molecular flexibility index (Phi) is 4.88. The van der Waals surface area contributed by atoms with E-state index in [2.05, 4.69) is 6.07 Å². The van der Waals surface area contributed by atoms with E-state index >= 15 is 0 Å². The molecule has 3 heteroatoms. The van der Waals surface area contributed by atoms with E-state index in [-0.39, 0.29) is 0 Å². The summed E-state index contributed by atoms with van der Waals surface area (Å²) in [5, 5.41) is 9.60. The molecule has 0 saturated carbocycles. The molecule has 0 amide bonds. The third-order valence-corrected chi connectivity index (χ3v) is 5.21. The van der Waals surface area contributed by atoms with E-state index in [4.69, 9.17) is 9.40 Å². The second-order valence-electron chi connectivity index (χ2n) is 7.13. The van der Waals surface area contributed by atoms with Crippen molar-refractivity contribution in [3.05, 3.63) is 115 Å². The summed E-state index contributed by atoms with van der Waals surface area (Å²) < 4.78 is 6.38. The Bertz CT molecular complexity index is 1320. The van der Waals surface area contributed by atoms with E-state index in [0.717, 1.165) is 39.3 Å². The first-order valence-electron chi connectivity index (χ1n) is 10.1. The summed E-state index contributed by atoms with van der Waals surface area (Å²) >= 11 is 0. The maximum atomic E-state index is 9.60. The quantitative estimate of drug-likeness (QED) is 0.321. The lowest BCUT2D eigenvalue weighted by molar-refractivity contribution is 0.589. The number of nitrogens with zero attached hydrogens (tertiary/aromatic N) is 2. The zero-order chi connectivity index (χ0) is 21.0. The fourth-order valence-corrected chi connectivity index (χ4v) is 3.73. The van der Waals surface area contributed by atoms with Crippen LogP contribution in [-0.4, -0.2) is 4.98 Å². The van der Waals surface area contributed by atoms with E-state index in [1.807, 2.05) is 109 Å². The van der Waals surface area contributed by atoms with Crippen LogP contribution >= 0.6 is 0 Å². The lowest BCUT2D eigenvalue weighted by atomic mass is 9.96. The van der Waals surface area contributed by atoms with Crippen molar-refractivity contribution in [2.24, 2.45) is 0 Å². The topological polar surface area (TPSA) is 49.8 Å². The fourth-order valence-electron chi connectivity index (χ4n) is 3.73. The molecule has 0 fully saturated rings. The van der Waals surface area contributed by atoms with Gasteiger partial charge in [-0.1, -0.05) is 97.1 Å². The first-order valence-corrected chi connectivity index (χ1v) is 10.1. The number of oxazole rings is 1. The van der Waals surface area contributed by atoms with Crippen molar-refractivity contribution in [3.63, 3.8) is 0 Å². The zero-order valence-corrected chi connectivity index (χ0v) is 16.7. The molecule has 0 aliphatic carbocycles. The number of hydrogen-bond donors (Lipinski definition) is 0. The van der Waals surface area contributed by atoms with Gasteiger partial charge >= 0.3 is 0 Å². The lowest BCUT2D eigenvalue weighted by Crippen LogP contribution is -1.88. The van der Waals surface area contributed by atoms with Crippen LogP contribution in [0.3, 0.4) is 0 Å². The van der Waals surface area contributed by atoms with Crippen LogP contribution in [0, 0.1) is 11.3 Å². The largest absolute Gasteiger partial charge is 0.435 e. The summed E-state index contributed by atoms with van der Waals surface area (Å²) in [5.41, 5.74) is 6.01. The highest BCUT2D eigenvalue weighted by atomic mass is 16.4. The molecule has 0 radical (unpaired) electrons. The minimum Gasteiger partial charge on any atom is -0.435 e. The molecule has 0 bridgehead atoms. The van der Waals surface area contributed by atoms with Gasteiger partial charge in [-0.2, -0.15) is 5.26 Å². The van der Waals surface area contributed by atoms with Gasteiger partial charge in [0.1, 0.15) is 5.69 Å². The van der Waals surface area contributed by atoms with Gasteiger partial charge < -0.3 is 4.42 Å². The van der Waals surface area contributed by atoms with Crippen LogP contribution in [0.15, 0.2) is 114 Å². The Morgan fingerprint density at radius 2 is 1.13 bits per heavy atom. The van der Waals surface area contributed by atoms with Crippen LogP contribution in [0.25, 0.3) is 45.2 Å². The third-order valence-electron chi connectivity index (χ3n) is 5.21. The van der Waals surface area contributed by atoms with E-state index in [1.165, 1.54) is 0 Å². The van der Waals surface area contributed by atoms with Gasteiger partial charge in [-0.25, -0.2) is 4.98 Å². The van der Waals surface area contributed by atoms with Crippen LogP contribution in [0.1, 0.15) is 5.56 Å². The lowest BCUT2D eigenvalue weighted by Gasteiger charge is -2.08. The smallest absolute Gasteiger partial charge is 0.227 e. The molecule has 146 valence electrons. The first-order chi connectivity index (χ1) is 15.3. The van der Waals surface area contributed by atoms with Crippen molar-refractivity contribution >= 4 is 0 Å². The number of rotatable bonds is 4. The summed E-state index contributed by atoms with van der Waals surface area (Å²) in [6.07, 6.45) is 0. The van der Waals surface area contributed by atoms with Crippen LogP contribution in [0.4, 0.5) is 0 Å². The van der Waals surface area contributed by atoms with Crippen LogP contribution in [0.2, 0.25) is 0 Å². The summed E-state index contributed by atoms with van der Waals surface area (Å²) in [6.45, 7) is 0. The van der Waals surface area contributed by atoms with Crippen molar-refractivity contribution in [1.29, 1.82) is 5.26 Å². The molecule has 0 saturated heterocycles. The van der Waals surface area contributed by atoms with Gasteiger partial charge in [-0.15, -0.1) is 0 Å². The van der Waals surface area contributed by atoms with Gasteiger partial charge in [0.15, 0.2) is 5.76 Å². The minimum absolute atomic E-state index is 0.529. The van der Waals surface area contributed by atoms with Gasteiger partial charge in [0.05, 0.1) is 11.6 Å². The van der Waals surface area contributed by atoms with Gasteiger partial charge in [-0.05, 0) is 17.7 Å². The predicted molar refractivity (Wildman–Crippen MR) is 123 cm³/mol. The summed E-state index contributed by atoms with van der Waals surface area (Å²) in [7, 11) is 0. The van der Waals surface area contributed by atoms with E-state index in [1.54, 1.807) is 0 Å². The number of nitriles is 1. The molecule has 5 rings (SSSR count). The molecule has 5 aromatic rings. The average molecular weight is 398 g/mol. The third kappa shape index (κ3) is 3.52. The molecular formula is C28H18N2O. The first kappa shape index (κ1) is 18.6. The van der Waals surface area contributed by atoms with Crippen molar-refractivity contribution in [1.82, 2.24) is 4.98 Å². The molecule has 0 aliphatic heterocycles. The molecule has 0 aliphatic rings. The van der Waals surface area contributed by atoms with Crippen LogP contribution in [0.5, 0.6) is 0 Å². The molecule has 1 aromatic heterocycles. The van der Waals surface area contributed by atoms with E-state index in [0.29, 0.717) is 11.5 Å². The number of aromatic nitrogens is 1. The summed E-state index contributed by atoms with van der Waals surface area (Å²) in [6, 6.07) is 37.8. The normalized spacial score (nSPS) is 10.5. The number of benzene rings is 4. The van der Waals surface area contributed by atoms with E-state index < -0.39 is 0 Å². The standard InChI is InChI=1S/C28H18N2O/c29-19-22-15-7-8-16-23(22)24-17-9-10-18-25(24)28-30-26(20-11-3-1-4-12-20)27(31-28)21-13-5-2-6-14-21/h1-18H. The van der Waals surface area contributed by atoms with Crippen molar-refractivity contribution < 1.29 is 4.42 Å². The molecule has 0 spiro atoms. The van der Waals surface area contributed by atoms with Crippen molar-refractivity contribution in [3.8, 4) is 51.2 Å². The van der Waals surface area contributed by atoms with Crippen molar-refractivity contribution in [2.45, 2.75) is 0 Å². The molecular weight excluding hydrogens is 380 g/mol. The minimum atomic E-state index is 0.529. The molecule has 0 N–H and O–H groups in total. The van der Waals surface area contributed by atoms with Crippen molar-refractivity contribution in [2.75, 3.05) is 0 Å². The molecule has 0 atom stereocenters. The summed E-state index contributed by atoms with van der Waals surface area (Å²) in [4.78, 5) is 4.92. The fraction of sp³-hybridized carbons (Fsp3) is 0. The van der Waals surface area contributed by atoms with Gasteiger partial charge in [0, 0.05) is 22.3 Å². The highest BCUT2D eigenvalue weighted by Crippen LogP contribution is 2.39. The van der Waals surface area contributed by atoms with Crippen LogP contribution < -0.4 is 0 Å². The Morgan fingerprint density at radius 3 is 1.81 bits per heavy atom. The van der Waals surface area contributed by atoms with Gasteiger partial charge in [0.25, 0.3) is 0 Å².